The van der Waals surface area contributed by atoms with Crippen LogP contribution >= 0.6 is 11.6 Å². The molecule has 3 N–H and O–H groups in total. The van der Waals surface area contributed by atoms with Crippen LogP contribution in [0.4, 0.5) is 11.4 Å². The Kier molecular flexibility index (Phi) is 4.09. The molecule has 7 heteroatoms. The van der Waals surface area contributed by atoms with Crippen LogP contribution in [0.25, 0.3) is 0 Å². The van der Waals surface area contributed by atoms with Gasteiger partial charge < -0.3 is 11.1 Å². The van der Waals surface area contributed by atoms with E-state index in [1.165, 1.54) is 6.07 Å². The van der Waals surface area contributed by atoms with Crippen molar-refractivity contribution in [1.82, 2.24) is 5.32 Å². The van der Waals surface area contributed by atoms with Gasteiger partial charge in [0, 0.05) is 18.2 Å². The number of anilines is 1. The molecule has 1 unspecified atom stereocenters. The molecule has 0 spiro atoms. The van der Waals surface area contributed by atoms with Gasteiger partial charge >= 0.3 is 0 Å². The van der Waals surface area contributed by atoms with E-state index < -0.39 is 10.8 Å². The van der Waals surface area contributed by atoms with Crippen molar-refractivity contribution in [1.29, 1.82) is 0 Å². The zero-order chi connectivity index (χ0) is 15.8. The third kappa shape index (κ3) is 3.10. The van der Waals surface area contributed by atoms with E-state index in [0.29, 0.717) is 0 Å². The lowest BCUT2D eigenvalue weighted by molar-refractivity contribution is -0.384. The van der Waals surface area contributed by atoms with Gasteiger partial charge in [0.2, 0.25) is 0 Å². The molecule has 2 rings (SSSR count). The summed E-state index contributed by atoms with van der Waals surface area (Å²) in [5.74, 6) is -0.418. The van der Waals surface area contributed by atoms with Gasteiger partial charge in [-0.25, -0.2) is 0 Å². The minimum absolute atomic E-state index is 0.00886. The molecule has 0 bridgehead atoms. The van der Waals surface area contributed by atoms with Crippen molar-refractivity contribution in [2.75, 3.05) is 5.73 Å². The fourth-order valence-corrected chi connectivity index (χ4v) is 2.94. The second-order valence-corrected chi connectivity index (χ2v) is 6.46. The molecule has 0 heterocycles. The Bertz CT molecular complexity index is 601. The number of nitrogens with two attached hydrogens (primary N) is 1. The van der Waals surface area contributed by atoms with Gasteiger partial charge in [-0.1, -0.05) is 31.9 Å². The number of nitrogen functional groups attached to an aromatic ring is 1. The van der Waals surface area contributed by atoms with Crippen molar-refractivity contribution in [2.45, 2.75) is 39.2 Å². The maximum Gasteiger partial charge on any atom is 0.271 e. The van der Waals surface area contributed by atoms with Gasteiger partial charge in [-0.05, 0) is 18.3 Å². The van der Waals surface area contributed by atoms with Crippen molar-refractivity contribution >= 4 is 28.9 Å². The molecule has 0 aliphatic heterocycles. The Labute approximate surface area is 127 Å². The monoisotopic (exact) mass is 311 g/mol. The molecule has 1 amide bonds. The fourth-order valence-electron chi connectivity index (χ4n) is 2.73. The number of carbonyl (C=O) groups is 1. The summed E-state index contributed by atoms with van der Waals surface area (Å²) in [6.45, 7) is 4.18. The number of hydrogen-bond acceptors (Lipinski definition) is 4. The number of carbonyl (C=O) groups excluding carboxylic acids is 1. The molecule has 6 nitrogen and oxygen atoms in total. The average molecular weight is 312 g/mol. The van der Waals surface area contributed by atoms with Crippen molar-refractivity contribution in [3.63, 3.8) is 0 Å². The third-order valence-corrected chi connectivity index (χ3v) is 4.45. The number of nitrogens with zero attached hydrogens (tertiary/aromatic N) is 1. The van der Waals surface area contributed by atoms with Crippen LogP contribution in [0.1, 0.15) is 43.5 Å². The molecule has 0 radical (unpaired) electrons. The molecule has 0 aromatic heterocycles. The number of halogens is 1. The number of benzene rings is 1. The molecule has 1 atom stereocenters. The highest BCUT2D eigenvalue weighted by atomic mass is 35.5. The molecular weight excluding hydrogens is 294 g/mol. The van der Waals surface area contributed by atoms with E-state index in [4.69, 9.17) is 17.3 Å². The molecule has 1 aliphatic carbocycles. The van der Waals surface area contributed by atoms with E-state index in [-0.39, 0.29) is 33.4 Å². The topological polar surface area (TPSA) is 98.3 Å². The smallest absolute Gasteiger partial charge is 0.271 e. The summed E-state index contributed by atoms with van der Waals surface area (Å²) in [6, 6.07) is 2.34. The van der Waals surface area contributed by atoms with Crippen LogP contribution in [0.3, 0.4) is 0 Å². The van der Waals surface area contributed by atoms with E-state index in [9.17, 15) is 14.9 Å². The third-order valence-electron chi connectivity index (χ3n) is 4.13. The van der Waals surface area contributed by atoms with Crippen LogP contribution in [-0.2, 0) is 0 Å². The van der Waals surface area contributed by atoms with Crippen molar-refractivity contribution in [3.8, 4) is 0 Å². The SMILES string of the molecule is CC1(C)CCCC1NC(=O)c1cc([N+](=O)[O-])cc(Cl)c1N. The summed E-state index contributed by atoms with van der Waals surface area (Å²) >= 11 is 5.87. The predicted octanol–water partition coefficient (Wildman–Crippen LogP) is 3.14. The number of nitrogens with one attached hydrogen (secondary N) is 1. The Morgan fingerprint density at radius 3 is 2.71 bits per heavy atom. The lowest BCUT2D eigenvalue weighted by Crippen LogP contribution is -2.41. The summed E-state index contributed by atoms with van der Waals surface area (Å²) in [6.07, 6.45) is 2.97. The molecule has 1 aliphatic rings. The van der Waals surface area contributed by atoms with Gasteiger partial charge in [0.1, 0.15) is 0 Å². The van der Waals surface area contributed by atoms with Crippen molar-refractivity contribution in [2.24, 2.45) is 5.41 Å². The Balaban J connectivity index is 2.29. The Hall–Kier alpha value is -1.82. The zero-order valence-corrected chi connectivity index (χ0v) is 12.7. The lowest BCUT2D eigenvalue weighted by atomic mass is 9.87. The van der Waals surface area contributed by atoms with Gasteiger partial charge in [-0.2, -0.15) is 0 Å². The van der Waals surface area contributed by atoms with E-state index in [1.807, 2.05) is 0 Å². The van der Waals surface area contributed by atoms with E-state index in [1.54, 1.807) is 0 Å². The van der Waals surface area contributed by atoms with Gasteiger partial charge in [0.05, 0.1) is 21.2 Å². The molecule has 0 saturated heterocycles. The quantitative estimate of drug-likeness (QED) is 0.509. The first-order chi connectivity index (χ1) is 9.72. The number of non-ortho nitro benzene ring substituents is 1. The first-order valence-electron chi connectivity index (χ1n) is 6.76. The second kappa shape index (κ2) is 5.52. The molecule has 1 saturated carbocycles. The van der Waals surface area contributed by atoms with Gasteiger partial charge in [-0.15, -0.1) is 0 Å². The summed E-state index contributed by atoms with van der Waals surface area (Å²) in [5.41, 5.74) is 5.66. The summed E-state index contributed by atoms with van der Waals surface area (Å²) in [5, 5.41) is 13.8. The normalized spacial score (nSPS) is 20.2. The number of amides is 1. The van der Waals surface area contributed by atoms with E-state index in [0.717, 1.165) is 25.3 Å². The van der Waals surface area contributed by atoms with E-state index >= 15 is 0 Å². The van der Waals surface area contributed by atoms with E-state index in [2.05, 4.69) is 19.2 Å². The first kappa shape index (κ1) is 15.6. The van der Waals surface area contributed by atoms with Crippen LogP contribution in [0, 0.1) is 15.5 Å². The van der Waals surface area contributed by atoms with Crippen LogP contribution in [0.2, 0.25) is 5.02 Å². The van der Waals surface area contributed by atoms with Gasteiger partial charge in [-0.3, -0.25) is 14.9 Å². The highest BCUT2D eigenvalue weighted by molar-refractivity contribution is 6.34. The minimum Gasteiger partial charge on any atom is -0.397 e. The van der Waals surface area contributed by atoms with Crippen LogP contribution < -0.4 is 11.1 Å². The second-order valence-electron chi connectivity index (χ2n) is 6.05. The summed E-state index contributed by atoms with van der Waals surface area (Å²) in [7, 11) is 0. The fraction of sp³-hybridized carbons (Fsp3) is 0.500. The van der Waals surface area contributed by atoms with Crippen molar-refractivity contribution < 1.29 is 9.72 Å². The predicted molar refractivity (Wildman–Crippen MR) is 81.4 cm³/mol. The molecular formula is C14H18ClN3O3. The number of nitro groups is 1. The molecule has 114 valence electrons. The maximum absolute atomic E-state index is 12.4. The average Bonchev–Trinajstić information content (AvgIpc) is 2.71. The van der Waals surface area contributed by atoms with Crippen LogP contribution in [0.15, 0.2) is 12.1 Å². The summed E-state index contributed by atoms with van der Waals surface area (Å²) < 4.78 is 0. The molecule has 1 aromatic rings. The standard InChI is InChI=1S/C14H18ClN3O3/c1-14(2)5-3-4-11(14)17-13(19)9-6-8(18(20)21)7-10(15)12(9)16/h6-7,11H,3-5,16H2,1-2H3,(H,17,19). The Morgan fingerprint density at radius 1 is 1.52 bits per heavy atom. The minimum atomic E-state index is -0.596. The number of nitro benzene ring substituents is 1. The van der Waals surface area contributed by atoms with Gasteiger partial charge in [0.25, 0.3) is 11.6 Å². The number of rotatable bonds is 3. The first-order valence-corrected chi connectivity index (χ1v) is 7.14. The highest BCUT2D eigenvalue weighted by Crippen LogP contribution is 2.37. The summed E-state index contributed by atoms with van der Waals surface area (Å²) in [4.78, 5) is 22.6. The van der Waals surface area contributed by atoms with Gasteiger partial charge in [0.15, 0.2) is 0 Å². The maximum atomic E-state index is 12.4. The highest BCUT2D eigenvalue weighted by Gasteiger charge is 2.36. The van der Waals surface area contributed by atoms with Crippen LogP contribution in [0.5, 0.6) is 0 Å². The number of hydrogen-bond donors (Lipinski definition) is 2. The Morgan fingerprint density at radius 2 is 2.19 bits per heavy atom. The van der Waals surface area contributed by atoms with Crippen molar-refractivity contribution in [3.05, 3.63) is 32.8 Å². The van der Waals surface area contributed by atoms with Crippen LogP contribution in [-0.4, -0.2) is 16.9 Å². The largest absolute Gasteiger partial charge is 0.397 e. The molecule has 1 fully saturated rings. The zero-order valence-electron chi connectivity index (χ0n) is 12.0. The lowest BCUT2D eigenvalue weighted by Gasteiger charge is -2.28. The molecule has 21 heavy (non-hydrogen) atoms. The molecule has 1 aromatic carbocycles.